The summed E-state index contributed by atoms with van der Waals surface area (Å²) in [7, 11) is 0. The van der Waals surface area contributed by atoms with Crippen molar-refractivity contribution < 1.29 is 0 Å². The highest BCUT2D eigenvalue weighted by atomic mass is 14.8. The normalized spacial score (nSPS) is 12.1. The number of hydrogen-bond acceptors (Lipinski definition) is 4. The lowest BCUT2D eigenvalue weighted by Crippen LogP contribution is -1.96. The first-order valence-corrected chi connectivity index (χ1v) is 21.7. The first-order valence-electron chi connectivity index (χ1n) is 21.7. The number of aromatic nitrogens is 6. The van der Waals surface area contributed by atoms with Crippen LogP contribution in [-0.4, -0.2) is 29.9 Å². The molecule has 0 unspecified atom stereocenters. The van der Waals surface area contributed by atoms with Gasteiger partial charge in [0.15, 0.2) is 0 Å². The van der Waals surface area contributed by atoms with E-state index in [2.05, 4.69) is 174 Å². The van der Waals surface area contributed by atoms with Crippen molar-refractivity contribution in [3.63, 3.8) is 0 Å². The van der Waals surface area contributed by atoms with Gasteiger partial charge in [-0.3, -0.25) is 9.97 Å². The first kappa shape index (κ1) is 39.7. The number of fused-ring (bicyclic) bond motifs is 8. The third-order valence-corrected chi connectivity index (χ3v) is 12.5. The molecule has 0 fully saturated rings. The van der Waals surface area contributed by atoms with Gasteiger partial charge in [0, 0.05) is 56.7 Å². The van der Waals surface area contributed by atoms with Crippen LogP contribution >= 0.6 is 0 Å². The maximum absolute atomic E-state index is 5.63. The van der Waals surface area contributed by atoms with Crippen molar-refractivity contribution in [3.8, 4) is 55.9 Å². The van der Waals surface area contributed by atoms with Gasteiger partial charge in [-0.25, -0.2) is 9.97 Å². The number of nitrogens with one attached hydrogen (secondary N) is 2. The van der Waals surface area contributed by atoms with E-state index in [1.165, 1.54) is 66.8 Å². The minimum Gasteiger partial charge on any atom is -0.354 e. The Bertz CT molecular complexity index is 3310. The van der Waals surface area contributed by atoms with Crippen LogP contribution in [0.15, 0.2) is 103 Å². The SMILES string of the molecule is Cc1cc(C)c(-c2c3nc(c(-c4c(C)cc(C)cc4C)c4ccc([nH]4)c(-c4c(C)cc(C)cc4C)c4nc(c(-c5ccnc(-c6ccccn6)c5)c5ccc2[nH]5)C=C4)C=C3)c(C)c1. The highest BCUT2D eigenvalue weighted by Gasteiger charge is 2.23. The molecule has 3 aromatic carbocycles. The third kappa shape index (κ3) is 7.02. The molecule has 7 heterocycles. The van der Waals surface area contributed by atoms with Crippen molar-refractivity contribution >= 4 is 46.4 Å². The number of benzene rings is 3. The lowest BCUT2D eigenvalue weighted by Gasteiger charge is -2.14. The Balaban J connectivity index is 1.41. The predicted octanol–water partition coefficient (Wildman–Crippen LogP) is 14.6. The zero-order valence-corrected chi connectivity index (χ0v) is 37.4. The minimum absolute atomic E-state index is 0.793. The van der Waals surface area contributed by atoms with Gasteiger partial charge in [0.05, 0.1) is 34.2 Å². The molecule has 2 aliphatic heterocycles. The van der Waals surface area contributed by atoms with Crippen LogP contribution in [0.4, 0.5) is 0 Å². The predicted molar refractivity (Wildman–Crippen MR) is 264 cm³/mol. The van der Waals surface area contributed by atoms with Crippen LogP contribution < -0.4 is 0 Å². The fraction of sp³-hybridized carbons (Fsp3) is 0.158. The molecule has 10 rings (SSSR count). The van der Waals surface area contributed by atoms with E-state index in [0.29, 0.717) is 0 Å². The second-order valence-electron chi connectivity index (χ2n) is 17.5. The molecule has 0 saturated carbocycles. The topological polar surface area (TPSA) is 83.1 Å². The quantitative estimate of drug-likeness (QED) is 0.181. The molecule has 0 amide bonds. The monoisotopic (exact) mass is 818 g/mol. The maximum Gasteiger partial charge on any atom is 0.0892 e. The number of rotatable bonds is 5. The van der Waals surface area contributed by atoms with Crippen LogP contribution in [0.5, 0.6) is 0 Å². The summed E-state index contributed by atoms with van der Waals surface area (Å²) >= 11 is 0. The maximum atomic E-state index is 5.63. The number of hydrogen-bond donors (Lipinski definition) is 2. The molecule has 8 aromatic rings. The third-order valence-electron chi connectivity index (χ3n) is 12.5. The van der Waals surface area contributed by atoms with E-state index in [4.69, 9.17) is 15.0 Å². The largest absolute Gasteiger partial charge is 0.354 e. The van der Waals surface area contributed by atoms with Crippen molar-refractivity contribution in [1.29, 1.82) is 0 Å². The molecule has 0 saturated heterocycles. The molecular weight excluding hydrogens is 769 g/mol. The molecule has 2 N–H and O–H groups in total. The Morgan fingerprint density at radius 2 is 0.698 bits per heavy atom. The smallest absolute Gasteiger partial charge is 0.0892 e. The molecule has 0 aliphatic carbocycles. The van der Waals surface area contributed by atoms with Crippen LogP contribution in [0.2, 0.25) is 0 Å². The van der Waals surface area contributed by atoms with E-state index >= 15 is 0 Å². The number of nitrogens with zero attached hydrogens (tertiary/aromatic N) is 4. The van der Waals surface area contributed by atoms with E-state index in [9.17, 15) is 0 Å². The van der Waals surface area contributed by atoms with Gasteiger partial charge < -0.3 is 9.97 Å². The van der Waals surface area contributed by atoms with Crippen molar-refractivity contribution in [2.45, 2.75) is 62.3 Å². The molecule has 6 nitrogen and oxygen atoms in total. The van der Waals surface area contributed by atoms with E-state index in [-0.39, 0.29) is 0 Å². The first-order chi connectivity index (χ1) is 30.4. The minimum atomic E-state index is 0.793. The van der Waals surface area contributed by atoms with Crippen LogP contribution in [0, 0.1) is 62.3 Å². The number of aromatic amines is 2. The highest BCUT2D eigenvalue weighted by Crippen LogP contribution is 2.42. The van der Waals surface area contributed by atoms with Gasteiger partial charge in [-0.2, -0.15) is 0 Å². The van der Waals surface area contributed by atoms with Gasteiger partial charge in [-0.15, -0.1) is 0 Å². The van der Waals surface area contributed by atoms with Gasteiger partial charge in [0.2, 0.25) is 0 Å². The molecule has 5 aromatic heterocycles. The molecule has 0 atom stereocenters. The molecule has 63 heavy (non-hydrogen) atoms. The Labute approximate surface area is 369 Å². The molecule has 308 valence electrons. The fourth-order valence-corrected chi connectivity index (χ4v) is 10.3. The van der Waals surface area contributed by atoms with Gasteiger partial charge in [0.1, 0.15) is 0 Å². The Morgan fingerprint density at radius 3 is 1.08 bits per heavy atom. The lowest BCUT2D eigenvalue weighted by molar-refractivity contribution is 1.24. The molecule has 2 aliphatic rings. The molecule has 0 spiro atoms. The van der Waals surface area contributed by atoms with E-state index in [1.54, 1.807) is 0 Å². The Morgan fingerprint density at radius 1 is 0.333 bits per heavy atom. The summed E-state index contributed by atoms with van der Waals surface area (Å²) in [5.41, 5.74) is 28.7. The number of aryl methyl sites for hydroxylation is 9. The summed E-state index contributed by atoms with van der Waals surface area (Å²) in [5.74, 6) is 0. The van der Waals surface area contributed by atoms with Gasteiger partial charge in [-0.1, -0.05) is 59.2 Å². The average Bonchev–Trinajstić information content (AvgIpc) is 4.09. The molecule has 0 radical (unpaired) electrons. The number of pyridine rings is 2. The zero-order valence-electron chi connectivity index (χ0n) is 37.4. The standard InChI is InChI=1S/C57H50N6/c1-31-24-34(4)51(35(5)25-31)55-44-15-13-42(60-44)54(40-21-23-59-50(30-40)41-12-10-11-22-58-41)43-14-16-45(61-43)56(52-36(6)26-32(2)27-37(52)7)47-18-20-49(63-47)57(48-19-17-46(55)62-48)53-38(8)28-33(3)29-39(53)9/h10-30,60,63H,1-9H3. The summed E-state index contributed by atoms with van der Waals surface area (Å²) in [4.78, 5) is 28.6. The van der Waals surface area contributed by atoms with Crippen molar-refractivity contribution in [3.05, 3.63) is 176 Å². The van der Waals surface area contributed by atoms with Gasteiger partial charge >= 0.3 is 0 Å². The van der Waals surface area contributed by atoms with Gasteiger partial charge in [-0.05, 0) is 191 Å². The van der Waals surface area contributed by atoms with Crippen molar-refractivity contribution in [1.82, 2.24) is 29.9 Å². The molecule has 6 heteroatoms. The second-order valence-corrected chi connectivity index (χ2v) is 17.5. The highest BCUT2D eigenvalue weighted by molar-refractivity contribution is 6.01. The van der Waals surface area contributed by atoms with Crippen LogP contribution in [-0.2, 0) is 0 Å². The fourth-order valence-electron chi connectivity index (χ4n) is 10.3. The van der Waals surface area contributed by atoms with Crippen LogP contribution in [0.25, 0.3) is 102 Å². The van der Waals surface area contributed by atoms with E-state index in [0.717, 1.165) is 84.0 Å². The van der Waals surface area contributed by atoms with Gasteiger partial charge in [0.25, 0.3) is 0 Å². The number of H-pyrrole nitrogens is 2. The summed E-state index contributed by atoms with van der Waals surface area (Å²) in [6.07, 6.45) is 12.4. The summed E-state index contributed by atoms with van der Waals surface area (Å²) < 4.78 is 0. The lowest BCUT2D eigenvalue weighted by atomic mass is 9.92. The van der Waals surface area contributed by atoms with Crippen molar-refractivity contribution in [2.24, 2.45) is 0 Å². The molecular formula is C57H50N6. The van der Waals surface area contributed by atoms with Crippen LogP contribution in [0.3, 0.4) is 0 Å². The van der Waals surface area contributed by atoms with E-state index in [1.807, 2.05) is 30.6 Å². The van der Waals surface area contributed by atoms with E-state index < -0.39 is 0 Å². The van der Waals surface area contributed by atoms with Crippen LogP contribution in [0.1, 0.15) is 72.8 Å². The zero-order chi connectivity index (χ0) is 43.7. The van der Waals surface area contributed by atoms with Crippen molar-refractivity contribution in [2.75, 3.05) is 0 Å². The summed E-state index contributed by atoms with van der Waals surface area (Å²) in [6, 6.07) is 32.6. The second kappa shape index (κ2) is 15.5. The molecule has 8 bridgehead atoms. The summed E-state index contributed by atoms with van der Waals surface area (Å²) in [6.45, 7) is 19.8. The summed E-state index contributed by atoms with van der Waals surface area (Å²) in [5, 5.41) is 0. The Kier molecular flexibility index (Phi) is 9.75. The average molecular weight is 819 g/mol. The Hall–Kier alpha value is -7.44.